The third-order valence-corrected chi connectivity index (χ3v) is 4.21. The van der Waals surface area contributed by atoms with E-state index in [0.717, 1.165) is 17.7 Å². The van der Waals surface area contributed by atoms with Gasteiger partial charge < -0.3 is 4.74 Å². The van der Waals surface area contributed by atoms with E-state index < -0.39 is 0 Å². The first-order valence-electron chi connectivity index (χ1n) is 6.53. The van der Waals surface area contributed by atoms with Crippen molar-refractivity contribution in [3.63, 3.8) is 0 Å². The maximum Gasteiger partial charge on any atom is 0.320 e. The standard InChI is InChI=1S/C13H15Cl2N3O2.HI/c1-2-5-20-11(19)7-17-6-8-10(18-13(17)16-18)4-3-9(14)12(8)15;/h3-4,13,16H,2,5-7H2,1H3;1H. The number of nitrogens with one attached hydrogen (secondary N) is 1. The van der Waals surface area contributed by atoms with Gasteiger partial charge >= 0.3 is 5.97 Å². The van der Waals surface area contributed by atoms with Gasteiger partial charge in [0.1, 0.15) is 0 Å². The molecule has 0 spiro atoms. The van der Waals surface area contributed by atoms with Crippen molar-refractivity contribution in [2.24, 2.45) is 0 Å². The van der Waals surface area contributed by atoms with Crippen LogP contribution in [0.3, 0.4) is 0 Å². The summed E-state index contributed by atoms with van der Waals surface area (Å²) in [6.07, 6.45) is 0.859. The van der Waals surface area contributed by atoms with Gasteiger partial charge in [-0.15, -0.1) is 24.0 Å². The Bertz CT molecular complexity index is 558. The van der Waals surface area contributed by atoms with Crippen LogP contribution >= 0.6 is 47.2 Å². The summed E-state index contributed by atoms with van der Waals surface area (Å²) in [6.45, 7) is 3.23. The summed E-state index contributed by atoms with van der Waals surface area (Å²) in [6, 6.07) is 3.72. The SMILES string of the molecule is CCCOC(=O)CN1Cc2c(ccc(Cl)c2Cl)N2NC12.I. The molecule has 2 aliphatic rings. The van der Waals surface area contributed by atoms with E-state index in [2.05, 4.69) is 5.43 Å². The highest BCUT2D eigenvalue weighted by Gasteiger charge is 2.45. The molecular weight excluding hydrogens is 428 g/mol. The molecule has 0 radical (unpaired) electrons. The number of carbonyl (C=O) groups excluding carboxylic acids is 1. The van der Waals surface area contributed by atoms with Gasteiger partial charge in [-0.2, -0.15) is 5.43 Å². The van der Waals surface area contributed by atoms with Crippen molar-refractivity contribution in [3.8, 4) is 0 Å². The van der Waals surface area contributed by atoms with Crippen LogP contribution in [0.15, 0.2) is 12.1 Å². The zero-order valence-electron chi connectivity index (χ0n) is 11.4. The molecule has 2 aliphatic heterocycles. The second kappa shape index (κ2) is 6.87. The number of benzene rings is 1. The Morgan fingerprint density at radius 2 is 2.24 bits per heavy atom. The quantitative estimate of drug-likeness (QED) is 0.440. The topological polar surface area (TPSA) is 54.5 Å². The van der Waals surface area contributed by atoms with Crippen molar-refractivity contribution < 1.29 is 9.53 Å². The molecule has 1 N–H and O–H groups in total. The number of carbonyl (C=O) groups is 1. The number of anilines is 1. The molecule has 116 valence electrons. The highest BCUT2D eigenvalue weighted by molar-refractivity contribution is 14.0. The van der Waals surface area contributed by atoms with Crippen LogP contribution in [0.5, 0.6) is 0 Å². The van der Waals surface area contributed by atoms with Gasteiger partial charge in [0.15, 0.2) is 6.29 Å². The summed E-state index contributed by atoms with van der Waals surface area (Å²) in [5.74, 6) is -0.220. The first-order valence-corrected chi connectivity index (χ1v) is 7.29. The summed E-state index contributed by atoms with van der Waals surface area (Å²) in [5.41, 5.74) is 5.15. The summed E-state index contributed by atoms with van der Waals surface area (Å²) >= 11 is 12.3. The van der Waals surface area contributed by atoms with Crippen molar-refractivity contribution in [1.29, 1.82) is 0 Å². The molecule has 1 saturated heterocycles. The van der Waals surface area contributed by atoms with Gasteiger partial charge in [-0.05, 0) is 18.6 Å². The lowest BCUT2D eigenvalue weighted by molar-refractivity contribution is -0.145. The monoisotopic (exact) mass is 443 g/mol. The molecule has 2 heterocycles. The maximum absolute atomic E-state index is 11.7. The molecule has 3 rings (SSSR count). The molecule has 0 amide bonds. The molecular formula is C13H16Cl2IN3O2. The highest BCUT2D eigenvalue weighted by atomic mass is 127. The highest BCUT2D eigenvalue weighted by Crippen LogP contribution is 2.41. The third-order valence-electron chi connectivity index (χ3n) is 3.37. The van der Waals surface area contributed by atoms with Crippen LogP contribution in [-0.4, -0.2) is 30.3 Å². The van der Waals surface area contributed by atoms with Crippen LogP contribution in [0.1, 0.15) is 18.9 Å². The van der Waals surface area contributed by atoms with Gasteiger partial charge in [-0.1, -0.05) is 30.1 Å². The van der Waals surface area contributed by atoms with Gasteiger partial charge in [0.25, 0.3) is 0 Å². The van der Waals surface area contributed by atoms with Crippen molar-refractivity contribution in [3.05, 3.63) is 27.7 Å². The number of fused-ring (bicyclic) bond motifs is 3. The van der Waals surface area contributed by atoms with Gasteiger partial charge in [-0.25, -0.2) is 0 Å². The molecule has 0 aromatic heterocycles. The Balaban J connectivity index is 0.00000161. The minimum atomic E-state index is -0.220. The number of nitrogens with zero attached hydrogens (tertiary/aromatic N) is 2. The van der Waals surface area contributed by atoms with Gasteiger partial charge in [0.05, 0.1) is 28.9 Å². The number of esters is 1. The molecule has 0 bridgehead atoms. The average molecular weight is 444 g/mol. The van der Waals surface area contributed by atoms with Gasteiger partial charge in [0.2, 0.25) is 0 Å². The molecule has 1 aromatic carbocycles. The van der Waals surface area contributed by atoms with E-state index in [-0.39, 0.29) is 42.8 Å². The fourth-order valence-electron chi connectivity index (χ4n) is 2.36. The fraction of sp³-hybridized carbons (Fsp3) is 0.462. The van der Waals surface area contributed by atoms with Crippen molar-refractivity contribution >= 4 is 58.8 Å². The molecule has 1 fully saturated rings. The van der Waals surface area contributed by atoms with Crippen LogP contribution < -0.4 is 10.4 Å². The van der Waals surface area contributed by atoms with E-state index in [9.17, 15) is 4.79 Å². The minimum absolute atomic E-state index is 0. The zero-order valence-corrected chi connectivity index (χ0v) is 15.3. The summed E-state index contributed by atoms with van der Waals surface area (Å²) in [4.78, 5) is 13.7. The smallest absolute Gasteiger partial charge is 0.320 e. The summed E-state index contributed by atoms with van der Waals surface area (Å²) in [7, 11) is 0. The maximum atomic E-state index is 11.7. The fourth-order valence-corrected chi connectivity index (χ4v) is 2.75. The molecule has 0 saturated carbocycles. The van der Waals surface area contributed by atoms with Gasteiger partial charge in [-0.3, -0.25) is 14.7 Å². The Hall–Kier alpha value is -0.280. The molecule has 1 unspecified atom stereocenters. The molecule has 1 atom stereocenters. The van der Waals surface area contributed by atoms with E-state index in [1.807, 2.05) is 22.9 Å². The largest absolute Gasteiger partial charge is 0.465 e. The second-order valence-corrected chi connectivity index (χ2v) is 5.64. The summed E-state index contributed by atoms with van der Waals surface area (Å²) < 4.78 is 5.12. The lowest BCUT2D eigenvalue weighted by atomic mass is 10.1. The molecule has 1 aromatic rings. The number of halogens is 3. The first kappa shape index (κ1) is 17.1. The third kappa shape index (κ3) is 3.39. The normalized spacial score (nSPS) is 19.4. The van der Waals surface area contributed by atoms with Crippen LogP contribution in [0, 0.1) is 0 Å². The number of hydrogen-bond acceptors (Lipinski definition) is 5. The Kier molecular flexibility index (Phi) is 5.59. The lowest BCUT2D eigenvalue weighted by Crippen LogP contribution is -2.38. The Morgan fingerprint density at radius 1 is 1.48 bits per heavy atom. The van der Waals surface area contributed by atoms with E-state index in [4.69, 9.17) is 27.9 Å². The summed E-state index contributed by atoms with van der Waals surface area (Å²) in [5, 5.41) is 3.04. The van der Waals surface area contributed by atoms with E-state index in [0.29, 0.717) is 23.2 Å². The Morgan fingerprint density at radius 3 is 2.95 bits per heavy atom. The minimum Gasteiger partial charge on any atom is -0.465 e. The number of hydrogen-bond donors (Lipinski definition) is 1. The Labute approximate surface area is 150 Å². The van der Waals surface area contributed by atoms with E-state index in [1.54, 1.807) is 6.07 Å². The molecule has 0 aliphatic carbocycles. The van der Waals surface area contributed by atoms with Crippen molar-refractivity contribution in [1.82, 2.24) is 10.3 Å². The number of hydrazine groups is 1. The number of ether oxygens (including phenoxy) is 1. The average Bonchev–Trinajstić information content (AvgIpc) is 3.22. The second-order valence-electron chi connectivity index (χ2n) is 4.86. The molecule has 5 nitrogen and oxygen atoms in total. The van der Waals surface area contributed by atoms with Crippen LogP contribution in [0.4, 0.5) is 5.69 Å². The number of rotatable bonds is 4. The predicted molar refractivity (Wildman–Crippen MR) is 92.9 cm³/mol. The van der Waals surface area contributed by atoms with Crippen LogP contribution in [-0.2, 0) is 16.1 Å². The van der Waals surface area contributed by atoms with Gasteiger partial charge in [0, 0.05) is 12.1 Å². The first-order chi connectivity index (χ1) is 9.61. The van der Waals surface area contributed by atoms with Crippen molar-refractivity contribution in [2.75, 3.05) is 18.2 Å². The van der Waals surface area contributed by atoms with Crippen LogP contribution in [0.25, 0.3) is 0 Å². The molecule has 8 heteroatoms. The predicted octanol–water partition coefficient (Wildman–Crippen LogP) is 2.99. The zero-order chi connectivity index (χ0) is 14.3. The van der Waals surface area contributed by atoms with Crippen LogP contribution in [0.2, 0.25) is 10.0 Å². The van der Waals surface area contributed by atoms with E-state index in [1.165, 1.54) is 0 Å². The van der Waals surface area contributed by atoms with Crippen molar-refractivity contribution in [2.45, 2.75) is 26.2 Å². The lowest BCUT2D eigenvalue weighted by Gasteiger charge is -2.27. The van der Waals surface area contributed by atoms with E-state index >= 15 is 0 Å². The molecule has 21 heavy (non-hydrogen) atoms.